The number of fused-ring (bicyclic) bond motifs is 3. The van der Waals surface area contributed by atoms with Gasteiger partial charge in [-0.2, -0.15) is 0 Å². The molecule has 0 saturated heterocycles. The second-order valence-corrected chi connectivity index (χ2v) is 5.39. The number of hydrogen-bond donors (Lipinski definition) is 0. The van der Waals surface area contributed by atoms with E-state index in [0.29, 0.717) is 0 Å². The number of benzene rings is 2. The molecule has 3 rings (SSSR count). The van der Waals surface area contributed by atoms with E-state index >= 15 is 0 Å². The molecule has 0 nitrogen and oxygen atoms in total. The normalized spacial score (nSPS) is 13.9. The molecule has 0 unspecified atom stereocenters. The molecule has 0 bridgehead atoms. The van der Waals surface area contributed by atoms with Crippen LogP contribution >= 0.6 is 0 Å². The second-order valence-electron chi connectivity index (χ2n) is 5.39. The number of allylic oxidation sites excluding steroid dienone is 5. The molecule has 2 aromatic rings. The molecule has 1 aliphatic carbocycles. The van der Waals surface area contributed by atoms with Crippen molar-refractivity contribution < 1.29 is 0 Å². The first kappa shape index (κ1) is 13.6. The van der Waals surface area contributed by atoms with Gasteiger partial charge >= 0.3 is 0 Å². The van der Waals surface area contributed by atoms with E-state index in [1.54, 1.807) is 0 Å². The zero-order valence-corrected chi connectivity index (χ0v) is 12.5. The van der Waals surface area contributed by atoms with E-state index in [-0.39, 0.29) is 0 Å². The lowest BCUT2D eigenvalue weighted by Gasteiger charge is -2.20. The molecule has 21 heavy (non-hydrogen) atoms. The summed E-state index contributed by atoms with van der Waals surface area (Å²) < 4.78 is 0. The van der Waals surface area contributed by atoms with E-state index in [4.69, 9.17) is 0 Å². The summed E-state index contributed by atoms with van der Waals surface area (Å²) >= 11 is 0. The van der Waals surface area contributed by atoms with E-state index in [0.717, 1.165) is 12.8 Å². The predicted octanol–water partition coefficient (Wildman–Crippen LogP) is 5.60. The molecule has 0 heterocycles. The molecule has 0 fully saturated rings. The Bertz CT molecular complexity index is 729. The maximum absolute atomic E-state index is 3.82. The Morgan fingerprint density at radius 1 is 1.00 bits per heavy atom. The minimum absolute atomic E-state index is 1.12. The van der Waals surface area contributed by atoms with Crippen LogP contribution in [-0.4, -0.2) is 0 Å². The fourth-order valence-electron chi connectivity index (χ4n) is 3.07. The van der Waals surface area contributed by atoms with Crippen molar-refractivity contribution in [3.8, 4) is 11.1 Å². The maximum Gasteiger partial charge on any atom is -0.0149 e. The third-order valence-corrected chi connectivity index (χ3v) is 4.05. The van der Waals surface area contributed by atoms with E-state index in [1.807, 2.05) is 13.0 Å². The van der Waals surface area contributed by atoms with Gasteiger partial charge in [-0.1, -0.05) is 73.3 Å². The molecule has 0 spiro atoms. The quantitative estimate of drug-likeness (QED) is 0.638. The SMILES string of the molecule is C=C/C=C(/C=C/C)c1ccc2c(c1)CCc1ccccc1-2. The lowest BCUT2D eigenvalue weighted by atomic mass is 9.84. The van der Waals surface area contributed by atoms with Crippen LogP contribution in [0, 0.1) is 0 Å². The first-order chi connectivity index (χ1) is 10.3. The summed E-state index contributed by atoms with van der Waals surface area (Å²) in [5.41, 5.74) is 8.18. The fraction of sp³-hybridized carbons (Fsp3) is 0.143. The van der Waals surface area contributed by atoms with E-state index in [1.165, 1.54) is 33.4 Å². The van der Waals surface area contributed by atoms with Crippen molar-refractivity contribution in [3.63, 3.8) is 0 Å². The first-order valence-corrected chi connectivity index (χ1v) is 7.50. The lowest BCUT2D eigenvalue weighted by molar-refractivity contribution is 0.941. The Labute approximate surface area is 127 Å². The molecule has 104 valence electrons. The topological polar surface area (TPSA) is 0 Å². The summed E-state index contributed by atoms with van der Waals surface area (Å²) in [5.74, 6) is 0. The van der Waals surface area contributed by atoms with Gasteiger partial charge in [-0.05, 0) is 53.2 Å². The highest BCUT2D eigenvalue weighted by molar-refractivity contribution is 5.80. The predicted molar refractivity (Wildman–Crippen MR) is 92.3 cm³/mol. The molecule has 0 atom stereocenters. The van der Waals surface area contributed by atoms with Crippen LogP contribution in [0.25, 0.3) is 16.7 Å². The highest BCUT2D eigenvalue weighted by Crippen LogP contribution is 2.35. The van der Waals surface area contributed by atoms with Crippen molar-refractivity contribution in [1.82, 2.24) is 0 Å². The Morgan fingerprint density at radius 2 is 1.76 bits per heavy atom. The smallest absolute Gasteiger partial charge is 0.0149 e. The van der Waals surface area contributed by atoms with Crippen LogP contribution in [0.1, 0.15) is 23.6 Å². The average molecular weight is 272 g/mol. The van der Waals surface area contributed by atoms with E-state index < -0.39 is 0 Å². The Balaban J connectivity index is 2.08. The van der Waals surface area contributed by atoms with Crippen LogP contribution in [0.3, 0.4) is 0 Å². The van der Waals surface area contributed by atoms with Crippen molar-refractivity contribution in [2.24, 2.45) is 0 Å². The Kier molecular flexibility index (Phi) is 3.87. The van der Waals surface area contributed by atoms with Gasteiger partial charge in [0, 0.05) is 0 Å². The zero-order chi connectivity index (χ0) is 14.7. The van der Waals surface area contributed by atoms with Crippen LogP contribution in [0.5, 0.6) is 0 Å². The average Bonchev–Trinajstić information content (AvgIpc) is 2.54. The summed E-state index contributed by atoms with van der Waals surface area (Å²) in [6, 6.07) is 15.6. The van der Waals surface area contributed by atoms with Gasteiger partial charge < -0.3 is 0 Å². The molecule has 0 saturated carbocycles. The van der Waals surface area contributed by atoms with Gasteiger partial charge in [-0.3, -0.25) is 0 Å². The highest BCUT2D eigenvalue weighted by atomic mass is 14.2. The summed E-state index contributed by atoms with van der Waals surface area (Å²) in [6.45, 7) is 5.86. The molecular formula is C21H20. The van der Waals surface area contributed by atoms with Crippen molar-refractivity contribution in [3.05, 3.63) is 90.0 Å². The number of aryl methyl sites for hydroxylation is 2. The minimum atomic E-state index is 1.12. The van der Waals surface area contributed by atoms with Gasteiger partial charge in [0.15, 0.2) is 0 Å². The van der Waals surface area contributed by atoms with Gasteiger partial charge in [-0.25, -0.2) is 0 Å². The molecule has 0 heteroatoms. The monoisotopic (exact) mass is 272 g/mol. The molecule has 0 N–H and O–H groups in total. The first-order valence-electron chi connectivity index (χ1n) is 7.50. The summed E-state index contributed by atoms with van der Waals surface area (Å²) in [7, 11) is 0. The standard InChI is InChI=1S/C21H20/c1-3-7-16(8-4-2)18-13-14-21-19(15-18)12-11-17-9-5-6-10-20(17)21/h3-10,13-15H,1,11-12H2,2H3/b8-4+,16-7-. The van der Waals surface area contributed by atoms with E-state index in [9.17, 15) is 0 Å². The Morgan fingerprint density at radius 3 is 2.57 bits per heavy atom. The molecule has 0 amide bonds. The van der Waals surface area contributed by atoms with Crippen molar-refractivity contribution in [1.29, 1.82) is 0 Å². The fourth-order valence-corrected chi connectivity index (χ4v) is 3.07. The third-order valence-electron chi connectivity index (χ3n) is 4.05. The van der Waals surface area contributed by atoms with Gasteiger partial charge in [0.2, 0.25) is 0 Å². The van der Waals surface area contributed by atoms with Crippen LogP contribution in [0.2, 0.25) is 0 Å². The lowest BCUT2D eigenvalue weighted by Crippen LogP contribution is -2.04. The molecule has 2 aromatic carbocycles. The molecule has 0 radical (unpaired) electrons. The van der Waals surface area contributed by atoms with Gasteiger partial charge in [0.05, 0.1) is 0 Å². The van der Waals surface area contributed by atoms with Gasteiger partial charge in [0.25, 0.3) is 0 Å². The summed E-state index contributed by atoms with van der Waals surface area (Å²) in [5, 5.41) is 0. The van der Waals surface area contributed by atoms with Crippen LogP contribution in [0.4, 0.5) is 0 Å². The molecule has 1 aliphatic rings. The van der Waals surface area contributed by atoms with Crippen LogP contribution < -0.4 is 0 Å². The van der Waals surface area contributed by atoms with Crippen LogP contribution in [0.15, 0.2) is 73.3 Å². The van der Waals surface area contributed by atoms with Gasteiger partial charge in [-0.15, -0.1) is 0 Å². The highest BCUT2D eigenvalue weighted by Gasteiger charge is 2.15. The minimum Gasteiger partial charge on any atom is -0.0990 e. The number of rotatable bonds is 3. The van der Waals surface area contributed by atoms with Crippen molar-refractivity contribution >= 4 is 5.57 Å². The largest absolute Gasteiger partial charge is 0.0990 e. The van der Waals surface area contributed by atoms with Crippen LogP contribution in [-0.2, 0) is 12.8 Å². The molecule has 0 aromatic heterocycles. The maximum atomic E-state index is 3.82. The van der Waals surface area contributed by atoms with E-state index in [2.05, 4.69) is 67.3 Å². The van der Waals surface area contributed by atoms with Crippen molar-refractivity contribution in [2.75, 3.05) is 0 Å². The van der Waals surface area contributed by atoms with Crippen molar-refractivity contribution in [2.45, 2.75) is 19.8 Å². The summed E-state index contributed by atoms with van der Waals surface area (Å²) in [4.78, 5) is 0. The molecule has 0 aliphatic heterocycles. The zero-order valence-electron chi connectivity index (χ0n) is 12.5. The number of hydrogen-bond acceptors (Lipinski definition) is 0. The van der Waals surface area contributed by atoms with Gasteiger partial charge in [0.1, 0.15) is 0 Å². The Hall–Kier alpha value is -2.34. The summed E-state index contributed by atoms with van der Waals surface area (Å²) in [6.07, 6.45) is 10.4. The third kappa shape index (κ3) is 2.62. The molecular weight excluding hydrogens is 252 g/mol. The second kappa shape index (κ2) is 5.97.